The first-order chi connectivity index (χ1) is 12.2. The van der Waals surface area contributed by atoms with Crippen molar-refractivity contribution in [1.82, 2.24) is 29.6 Å². The Balaban J connectivity index is 1.46. The minimum absolute atomic E-state index is 0.0946. The fraction of sp³-hybridized carbons (Fsp3) is 0.444. The maximum Gasteiger partial charge on any atom is 0.253 e. The summed E-state index contributed by atoms with van der Waals surface area (Å²) in [5.41, 5.74) is 2.19. The van der Waals surface area contributed by atoms with Crippen LogP contribution in [0.1, 0.15) is 55.0 Å². The van der Waals surface area contributed by atoms with E-state index in [1.54, 1.807) is 12.4 Å². The van der Waals surface area contributed by atoms with Crippen LogP contribution in [-0.4, -0.2) is 36.8 Å². The predicted octanol–water partition coefficient (Wildman–Crippen LogP) is 2.73. The van der Waals surface area contributed by atoms with Crippen LogP contribution in [0.5, 0.6) is 0 Å². The molecule has 1 aliphatic carbocycles. The molecule has 1 N–H and O–H groups in total. The highest BCUT2D eigenvalue weighted by molar-refractivity contribution is 5.96. The summed E-state index contributed by atoms with van der Waals surface area (Å²) in [5.74, 6) is -0.135. The molecule has 0 spiro atoms. The Morgan fingerprint density at radius 1 is 1.36 bits per heavy atom. The van der Waals surface area contributed by atoms with Crippen molar-refractivity contribution in [3.8, 4) is 0 Å². The molecule has 1 amide bonds. The summed E-state index contributed by atoms with van der Waals surface area (Å²) in [6.07, 6.45) is 12.0. The van der Waals surface area contributed by atoms with Crippen LogP contribution in [0.15, 0.2) is 37.1 Å². The predicted molar refractivity (Wildman–Crippen MR) is 94.3 cm³/mol. The van der Waals surface area contributed by atoms with Gasteiger partial charge in [-0.05, 0) is 31.9 Å². The third-order valence-electron chi connectivity index (χ3n) is 4.93. The quantitative estimate of drug-likeness (QED) is 0.776. The van der Waals surface area contributed by atoms with Crippen molar-refractivity contribution in [2.45, 2.75) is 44.7 Å². The lowest BCUT2D eigenvalue weighted by Gasteiger charge is -2.13. The molecule has 7 nitrogen and oxygen atoms in total. The number of fused-ring (bicyclic) bond motifs is 1. The molecule has 0 aromatic carbocycles. The molecule has 1 fully saturated rings. The van der Waals surface area contributed by atoms with Crippen LogP contribution in [0.25, 0.3) is 11.2 Å². The van der Waals surface area contributed by atoms with Crippen LogP contribution in [-0.2, 0) is 0 Å². The van der Waals surface area contributed by atoms with E-state index in [-0.39, 0.29) is 11.9 Å². The molecule has 0 bridgehead atoms. The first-order valence-corrected chi connectivity index (χ1v) is 8.82. The van der Waals surface area contributed by atoms with Gasteiger partial charge in [-0.25, -0.2) is 9.97 Å². The van der Waals surface area contributed by atoms with Crippen molar-refractivity contribution in [3.05, 3.63) is 42.6 Å². The molecule has 3 aromatic rings. The monoisotopic (exact) mass is 338 g/mol. The summed E-state index contributed by atoms with van der Waals surface area (Å²) < 4.78 is 3.98. The Hall–Kier alpha value is -2.70. The number of pyridine rings is 1. The molecule has 130 valence electrons. The van der Waals surface area contributed by atoms with E-state index in [0.717, 1.165) is 11.2 Å². The standard InChI is InChI=1S/C18H22N6O/c1-13(24-8-4-7-22-24)10-20-18(25)14-9-16-17(19-11-14)23(12-21-16)15-5-2-3-6-15/h4,7-9,11-13,15H,2-3,5-6,10H2,1H3,(H,20,25). The zero-order valence-electron chi connectivity index (χ0n) is 14.3. The number of carbonyl (C=O) groups is 1. The SMILES string of the molecule is CC(CNC(=O)c1cnc2c(c1)ncn2C1CCCC1)n1cccn1. The number of amides is 1. The summed E-state index contributed by atoms with van der Waals surface area (Å²) in [7, 11) is 0. The number of nitrogens with zero attached hydrogens (tertiary/aromatic N) is 5. The number of hydrogen-bond donors (Lipinski definition) is 1. The summed E-state index contributed by atoms with van der Waals surface area (Å²) >= 11 is 0. The minimum atomic E-state index is -0.135. The number of hydrogen-bond acceptors (Lipinski definition) is 4. The van der Waals surface area contributed by atoms with Crippen molar-refractivity contribution < 1.29 is 4.79 Å². The molecule has 1 unspecified atom stereocenters. The first-order valence-electron chi connectivity index (χ1n) is 8.82. The van der Waals surface area contributed by atoms with Crippen LogP contribution < -0.4 is 5.32 Å². The molecular formula is C18H22N6O. The van der Waals surface area contributed by atoms with Gasteiger partial charge in [-0.2, -0.15) is 5.10 Å². The second-order valence-corrected chi connectivity index (χ2v) is 6.70. The van der Waals surface area contributed by atoms with Gasteiger partial charge in [0.1, 0.15) is 5.52 Å². The van der Waals surface area contributed by atoms with Crippen molar-refractivity contribution in [1.29, 1.82) is 0 Å². The van der Waals surface area contributed by atoms with Gasteiger partial charge >= 0.3 is 0 Å². The molecular weight excluding hydrogens is 316 g/mol. The molecule has 0 aliphatic heterocycles. The van der Waals surface area contributed by atoms with E-state index in [4.69, 9.17) is 0 Å². The van der Waals surface area contributed by atoms with Crippen molar-refractivity contribution in [3.63, 3.8) is 0 Å². The molecule has 1 aliphatic rings. The van der Waals surface area contributed by atoms with Gasteiger partial charge < -0.3 is 9.88 Å². The lowest BCUT2D eigenvalue weighted by atomic mass is 10.2. The van der Waals surface area contributed by atoms with Crippen LogP contribution in [0.3, 0.4) is 0 Å². The third kappa shape index (κ3) is 3.14. The van der Waals surface area contributed by atoms with Crippen LogP contribution in [0.2, 0.25) is 0 Å². The Labute approximate surface area is 146 Å². The highest BCUT2D eigenvalue weighted by Crippen LogP contribution is 2.31. The normalized spacial score (nSPS) is 16.4. The molecule has 1 atom stereocenters. The van der Waals surface area contributed by atoms with Gasteiger partial charge in [-0.1, -0.05) is 12.8 Å². The van der Waals surface area contributed by atoms with E-state index in [1.807, 2.05) is 36.3 Å². The molecule has 3 heterocycles. The Morgan fingerprint density at radius 2 is 2.20 bits per heavy atom. The molecule has 25 heavy (non-hydrogen) atoms. The van der Waals surface area contributed by atoms with Crippen LogP contribution in [0, 0.1) is 0 Å². The summed E-state index contributed by atoms with van der Waals surface area (Å²) in [6, 6.07) is 4.28. The van der Waals surface area contributed by atoms with E-state index in [1.165, 1.54) is 25.7 Å². The highest BCUT2D eigenvalue weighted by Gasteiger charge is 2.20. The fourth-order valence-corrected chi connectivity index (χ4v) is 3.47. The van der Waals surface area contributed by atoms with Crippen LogP contribution in [0.4, 0.5) is 0 Å². The highest BCUT2D eigenvalue weighted by atomic mass is 16.1. The molecule has 0 radical (unpaired) electrons. The van der Waals surface area contributed by atoms with Gasteiger partial charge in [0.2, 0.25) is 0 Å². The van der Waals surface area contributed by atoms with E-state index < -0.39 is 0 Å². The average Bonchev–Trinajstić information content (AvgIpc) is 3.39. The summed E-state index contributed by atoms with van der Waals surface area (Å²) in [6.45, 7) is 2.52. The zero-order valence-corrected chi connectivity index (χ0v) is 14.3. The van der Waals surface area contributed by atoms with E-state index in [9.17, 15) is 4.79 Å². The average molecular weight is 338 g/mol. The summed E-state index contributed by atoms with van der Waals surface area (Å²) in [4.78, 5) is 21.4. The maximum atomic E-state index is 12.4. The number of imidazole rings is 1. The largest absolute Gasteiger partial charge is 0.350 e. The van der Waals surface area contributed by atoms with Gasteiger partial charge in [0.15, 0.2) is 5.65 Å². The lowest BCUT2D eigenvalue weighted by Crippen LogP contribution is -2.29. The molecule has 7 heteroatoms. The second-order valence-electron chi connectivity index (χ2n) is 6.70. The van der Waals surface area contributed by atoms with Gasteiger partial charge in [0.05, 0.1) is 17.9 Å². The van der Waals surface area contributed by atoms with Crippen molar-refractivity contribution in [2.75, 3.05) is 6.54 Å². The number of nitrogens with one attached hydrogen (secondary N) is 1. The number of rotatable bonds is 5. The van der Waals surface area contributed by atoms with E-state index in [2.05, 4.69) is 25.0 Å². The number of carbonyl (C=O) groups excluding carboxylic acids is 1. The lowest BCUT2D eigenvalue weighted by molar-refractivity contribution is 0.0947. The van der Waals surface area contributed by atoms with Gasteiger partial charge in [-0.15, -0.1) is 0 Å². The molecule has 3 aromatic heterocycles. The van der Waals surface area contributed by atoms with E-state index >= 15 is 0 Å². The smallest absolute Gasteiger partial charge is 0.253 e. The fourth-order valence-electron chi connectivity index (χ4n) is 3.47. The molecule has 0 saturated heterocycles. The summed E-state index contributed by atoms with van der Waals surface area (Å²) in [5, 5.41) is 7.13. The third-order valence-corrected chi connectivity index (χ3v) is 4.93. The first kappa shape index (κ1) is 15.8. The van der Waals surface area contributed by atoms with Crippen molar-refractivity contribution >= 4 is 17.1 Å². The number of aromatic nitrogens is 5. The van der Waals surface area contributed by atoms with Gasteiger partial charge in [0.25, 0.3) is 5.91 Å². The maximum absolute atomic E-state index is 12.4. The van der Waals surface area contributed by atoms with E-state index in [0.29, 0.717) is 18.2 Å². The van der Waals surface area contributed by atoms with Gasteiger partial charge in [-0.3, -0.25) is 9.48 Å². The topological polar surface area (TPSA) is 77.6 Å². The second kappa shape index (κ2) is 6.66. The molecule has 4 rings (SSSR count). The Morgan fingerprint density at radius 3 is 2.96 bits per heavy atom. The van der Waals surface area contributed by atoms with Crippen LogP contribution >= 0.6 is 0 Å². The Bertz CT molecular complexity index is 863. The molecule has 1 saturated carbocycles. The minimum Gasteiger partial charge on any atom is -0.350 e. The zero-order chi connectivity index (χ0) is 17.2. The van der Waals surface area contributed by atoms with Crippen molar-refractivity contribution in [2.24, 2.45) is 0 Å². The Kier molecular flexibility index (Phi) is 4.21. The van der Waals surface area contributed by atoms with Gasteiger partial charge in [0, 0.05) is 31.2 Å².